The zero-order chi connectivity index (χ0) is 36.1. The van der Waals surface area contributed by atoms with Gasteiger partial charge in [0, 0.05) is 11.8 Å². The number of hydrogen-bond donors (Lipinski definition) is 2. The van der Waals surface area contributed by atoms with Gasteiger partial charge in [0.1, 0.15) is 11.9 Å². The highest BCUT2D eigenvalue weighted by Gasteiger charge is 2.22. The number of aromatic nitrogens is 1. The summed E-state index contributed by atoms with van der Waals surface area (Å²) in [6.07, 6.45) is 1.49. The lowest BCUT2D eigenvalue weighted by Gasteiger charge is -2.17. The summed E-state index contributed by atoms with van der Waals surface area (Å²) in [6.45, 7) is 18.0. The maximum absolute atomic E-state index is 11.9. The molecule has 1 aromatic heterocycles. The first-order valence-electron chi connectivity index (χ1n) is 14.9. The Kier molecular flexibility index (Phi) is 23.9. The van der Waals surface area contributed by atoms with E-state index in [-0.39, 0.29) is 37.1 Å². The Morgan fingerprint density at radius 3 is 1.88 bits per heavy atom. The van der Waals surface area contributed by atoms with Crippen LogP contribution in [0.1, 0.15) is 99.1 Å². The van der Waals surface area contributed by atoms with Crippen molar-refractivity contribution >= 4 is 27.1 Å². The lowest BCUT2D eigenvalue weighted by molar-refractivity contribution is -0.146. The van der Waals surface area contributed by atoms with Gasteiger partial charge in [-0.3, -0.25) is 19.4 Å². The summed E-state index contributed by atoms with van der Waals surface area (Å²) >= 11 is 0. The highest BCUT2D eigenvalue weighted by molar-refractivity contribution is 7.17. The van der Waals surface area contributed by atoms with Crippen molar-refractivity contribution in [1.82, 2.24) is 4.98 Å². The summed E-state index contributed by atoms with van der Waals surface area (Å²) in [6, 6.07) is 15.3. The van der Waals surface area contributed by atoms with Gasteiger partial charge in [-0.05, 0) is 88.8 Å². The number of hydrogen-bond acceptors (Lipinski definition) is 11. The largest absolute Gasteiger partial charge is 0.508 e. The van der Waals surface area contributed by atoms with Crippen molar-refractivity contribution in [3.8, 4) is 5.75 Å². The summed E-state index contributed by atoms with van der Waals surface area (Å²) in [7, 11) is 0.714. The van der Waals surface area contributed by atoms with E-state index >= 15 is 0 Å². The van der Waals surface area contributed by atoms with Gasteiger partial charge in [-0.25, -0.2) is 9.82 Å². The first-order chi connectivity index (χ1) is 22.1. The Morgan fingerprint density at radius 2 is 1.44 bits per heavy atom. The van der Waals surface area contributed by atoms with Crippen molar-refractivity contribution < 1.29 is 48.2 Å². The van der Waals surface area contributed by atoms with E-state index in [1.807, 2.05) is 90.9 Å². The fourth-order valence-electron chi connectivity index (χ4n) is 4.05. The smallest absolute Gasteiger partial charge is 0.358 e. The molecular formula is C36H52NO10P. The molecule has 1 heterocycles. The minimum Gasteiger partial charge on any atom is -0.508 e. The average Bonchev–Trinajstić information content (AvgIpc) is 3.03. The molecule has 0 spiro atoms. The minimum atomic E-state index is -0.696. The molecule has 0 aliphatic rings. The van der Waals surface area contributed by atoms with Crippen LogP contribution in [0, 0.1) is 33.6 Å². The molecule has 12 heteroatoms. The third-order valence-electron chi connectivity index (χ3n) is 6.63. The zero-order valence-corrected chi connectivity index (χ0v) is 29.7. The Bertz CT molecular complexity index is 1360. The maximum Gasteiger partial charge on any atom is 0.358 e. The first kappa shape index (κ1) is 45.9. The number of carbonyl (C=O) groups is 3. The third kappa shape index (κ3) is 17.7. The van der Waals surface area contributed by atoms with Crippen LogP contribution in [0.5, 0.6) is 5.75 Å². The van der Waals surface area contributed by atoms with Crippen LogP contribution in [-0.4, -0.2) is 47.5 Å². The molecule has 0 aliphatic carbocycles. The number of rotatable bonds is 10. The molecule has 0 saturated heterocycles. The lowest BCUT2D eigenvalue weighted by atomic mass is 9.94. The molecule has 11 nitrogen and oxygen atoms in total. The van der Waals surface area contributed by atoms with Gasteiger partial charge in [0.15, 0.2) is 0 Å². The van der Waals surface area contributed by atoms with Gasteiger partial charge < -0.3 is 19.3 Å². The molecule has 2 N–H and O–H groups in total. The summed E-state index contributed by atoms with van der Waals surface area (Å²) in [5.41, 5.74) is 6.62. The van der Waals surface area contributed by atoms with Crippen LogP contribution in [0.4, 0.5) is 0 Å². The molecule has 2 aromatic carbocycles. The molecule has 0 radical (unpaired) electrons. The predicted molar refractivity (Wildman–Crippen MR) is 186 cm³/mol. The molecule has 0 aliphatic heterocycles. The van der Waals surface area contributed by atoms with Gasteiger partial charge in [-0.2, -0.15) is 0 Å². The number of pyridine rings is 1. The molecule has 3 unspecified atom stereocenters. The maximum atomic E-state index is 11.9. The highest BCUT2D eigenvalue weighted by Crippen LogP contribution is 2.31. The van der Waals surface area contributed by atoms with E-state index in [9.17, 15) is 19.5 Å². The first-order valence-corrected chi connectivity index (χ1v) is 15.6. The standard InChI is InChI=1S/C15H22O3.C11H14O2.C9H11NO2.CH4.HO3P/c1-9(2)8-18-15(17)12(5)14-11(4)6-10(3)7-13(14)16;1-8-4-6-10(7-5-8)9(2)11(12)13-3;1-7-3-4-9(10-5-7)8(2)12-6-11;;1-3-4-2/h6-7,9,12,16H,8H2,1-5H3;4-7,9H,1-3H3;3-6,8H,1-2H3;1H4;1H. The summed E-state index contributed by atoms with van der Waals surface area (Å²) in [5, 5.41) is 17.0. The number of methoxy groups -OCH3 is 1. The fraction of sp³-hybridized carbons (Fsp3) is 0.444. The molecule has 3 aromatic rings. The van der Waals surface area contributed by atoms with Gasteiger partial charge in [0.05, 0.1) is 31.2 Å². The van der Waals surface area contributed by atoms with Crippen LogP contribution in [0.2, 0.25) is 0 Å². The molecule has 0 bridgehead atoms. The molecule has 0 saturated carbocycles. The van der Waals surface area contributed by atoms with Crippen molar-refractivity contribution in [2.45, 2.75) is 87.7 Å². The number of aryl methyl sites for hydroxylation is 4. The number of carbonyl (C=O) groups excluding carboxylic acids is 3. The molecule has 3 rings (SSSR count). The normalized spacial score (nSPS) is 11.8. The SMILES string of the molecule is C.COC(=O)C(C)c1ccc(C)cc1.Cc1cc(C)c(C(C)C(=O)OCC(C)C)c(O)c1.Cc1ccc(C(C)OC=O)nc1.O=POO. The quantitative estimate of drug-likeness (QED) is 0.0525. The number of nitrogens with zero attached hydrogens (tertiary/aromatic N) is 1. The van der Waals surface area contributed by atoms with Crippen LogP contribution in [0.25, 0.3) is 0 Å². The van der Waals surface area contributed by atoms with Crippen molar-refractivity contribution in [3.05, 3.63) is 93.8 Å². The summed E-state index contributed by atoms with van der Waals surface area (Å²) in [4.78, 5) is 37.2. The molecule has 0 fully saturated rings. The van der Waals surface area contributed by atoms with E-state index in [1.54, 1.807) is 26.1 Å². The molecule has 266 valence electrons. The van der Waals surface area contributed by atoms with E-state index in [1.165, 1.54) is 12.7 Å². The second-order valence-electron chi connectivity index (χ2n) is 11.2. The third-order valence-corrected chi connectivity index (χ3v) is 6.70. The van der Waals surface area contributed by atoms with E-state index in [4.69, 9.17) is 19.3 Å². The van der Waals surface area contributed by atoms with Crippen molar-refractivity contribution in [1.29, 1.82) is 0 Å². The Hall–Kier alpha value is -4.18. The van der Waals surface area contributed by atoms with Gasteiger partial charge in [0.25, 0.3) is 6.47 Å². The number of phenols is 1. The van der Waals surface area contributed by atoms with Gasteiger partial charge in [-0.1, -0.05) is 63.2 Å². The van der Waals surface area contributed by atoms with Crippen LogP contribution in [0.3, 0.4) is 0 Å². The zero-order valence-electron chi connectivity index (χ0n) is 28.8. The fourth-order valence-corrected chi connectivity index (χ4v) is 4.05. The van der Waals surface area contributed by atoms with E-state index in [0.717, 1.165) is 27.9 Å². The van der Waals surface area contributed by atoms with Gasteiger partial charge >= 0.3 is 20.6 Å². The second kappa shape index (κ2) is 24.9. The van der Waals surface area contributed by atoms with Crippen LogP contribution >= 0.6 is 8.69 Å². The highest BCUT2D eigenvalue weighted by atomic mass is 31.1. The molecule has 3 atom stereocenters. The summed E-state index contributed by atoms with van der Waals surface area (Å²) < 4.78 is 26.3. The van der Waals surface area contributed by atoms with Gasteiger partial charge in [-0.15, -0.1) is 4.67 Å². The molecule has 0 amide bonds. The van der Waals surface area contributed by atoms with Crippen LogP contribution in [-0.2, 0) is 37.8 Å². The summed E-state index contributed by atoms with van der Waals surface area (Å²) in [5.74, 6) is -0.611. The monoisotopic (exact) mass is 689 g/mol. The van der Waals surface area contributed by atoms with Crippen LogP contribution < -0.4 is 0 Å². The van der Waals surface area contributed by atoms with Crippen molar-refractivity contribution in [2.75, 3.05) is 13.7 Å². The second-order valence-corrected chi connectivity index (χ2v) is 11.5. The van der Waals surface area contributed by atoms with E-state index in [2.05, 4.69) is 14.4 Å². The Morgan fingerprint density at radius 1 is 0.875 bits per heavy atom. The van der Waals surface area contributed by atoms with E-state index in [0.29, 0.717) is 24.6 Å². The number of ether oxygens (including phenoxy) is 3. The van der Waals surface area contributed by atoms with E-state index < -0.39 is 14.6 Å². The lowest BCUT2D eigenvalue weighted by Crippen LogP contribution is -2.17. The number of esters is 2. The molecular weight excluding hydrogens is 637 g/mol. The number of benzene rings is 2. The van der Waals surface area contributed by atoms with Crippen molar-refractivity contribution in [2.24, 2.45) is 5.92 Å². The predicted octanol–water partition coefficient (Wildman–Crippen LogP) is 8.53. The topological polar surface area (TPSA) is 159 Å². The number of phenolic OH excluding ortho intramolecular Hbond substituents is 1. The minimum absolute atomic E-state index is 0. The van der Waals surface area contributed by atoms with Gasteiger partial charge in [0.2, 0.25) is 0 Å². The Labute approximate surface area is 286 Å². The molecule has 48 heavy (non-hydrogen) atoms. The number of aromatic hydroxyl groups is 1. The average molecular weight is 690 g/mol. The van der Waals surface area contributed by atoms with Crippen LogP contribution in [0.15, 0.2) is 54.7 Å². The Balaban J connectivity index is 0. The van der Waals surface area contributed by atoms with Crippen molar-refractivity contribution in [3.63, 3.8) is 0 Å².